The predicted molar refractivity (Wildman–Crippen MR) is 66.9 cm³/mol. The van der Waals surface area contributed by atoms with Crippen molar-refractivity contribution in [1.82, 2.24) is 4.31 Å². The summed E-state index contributed by atoms with van der Waals surface area (Å²) < 4.78 is 45.0. The molecule has 1 aromatic rings. The largest absolute Gasteiger partial charge is 0.485 e. The van der Waals surface area contributed by atoms with Crippen molar-refractivity contribution < 1.29 is 22.7 Å². The summed E-state index contributed by atoms with van der Waals surface area (Å²) in [6, 6.07) is 3.79. The highest BCUT2D eigenvalue weighted by molar-refractivity contribution is 7.89. The number of nitrogens with zero attached hydrogens (tertiary/aromatic N) is 1. The zero-order chi connectivity index (χ0) is 14.0. The smallest absolute Gasteiger partial charge is 0.250 e. The maximum Gasteiger partial charge on any atom is 0.250 e. The first-order valence-corrected chi connectivity index (χ1v) is 7.11. The molecule has 1 aliphatic rings. The molecule has 0 radical (unpaired) electrons. The van der Waals surface area contributed by atoms with Gasteiger partial charge in [-0.3, -0.25) is 0 Å². The molecular weight excluding hydrogens is 273 g/mol. The van der Waals surface area contributed by atoms with Gasteiger partial charge in [0.15, 0.2) is 4.90 Å². The summed E-state index contributed by atoms with van der Waals surface area (Å²) in [6.45, 7) is 3.08. The van der Waals surface area contributed by atoms with E-state index in [4.69, 9.17) is 4.74 Å². The minimum absolute atomic E-state index is 0.0238. The second kappa shape index (κ2) is 5.28. The van der Waals surface area contributed by atoms with Gasteiger partial charge in [0.25, 0.3) is 0 Å². The van der Waals surface area contributed by atoms with Crippen LogP contribution in [-0.2, 0) is 10.0 Å². The second-order valence-corrected chi connectivity index (χ2v) is 5.98. The number of aliphatic hydroxyl groups is 1. The molecule has 0 saturated heterocycles. The normalized spacial score (nSPS) is 22.1. The van der Waals surface area contributed by atoms with Gasteiger partial charge in [-0.2, -0.15) is 4.31 Å². The summed E-state index contributed by atoms with van der Waals surface area (Å²) in [5.41, 5.74) is 0. The van der Waals surface area contributed by atoms with Crippen LogP contribution in [0.5, 0.6) is 5.75 Å². The van der Waals surface area contributed by atoms with Crippen molar-refractivity contribution in [3.8, 4) is 5.75 Å². The molecule has 5 nitrogen and oxygen atoms in total. The van der Waals surface area contributed by atoms with E-state index in [1.807, 2.05) is 0 Å². The molecule has 104 valence electrons. The second-order valence-electron chi connectivity index (χ2n) is 4.10. The van der Waals surface area contributed by atoms with Crippen LogP contribution in [0.1, 0.15) is 0 Å². The standard InChI is InChI=1S/C12H14FNO4S/c1-2-6-14-7-9(8-15)18-11-5-3-4-10(13)12(11)19(14,16)17/h2-5,9,15H,1,6-8H2/t9-/m1/s1. The first-order chi connectivity index (χ1) is 9.00. The van der Waals surface area contributed by atoms with Gasteiger partial charge < -0.3 is 9.84 Å². The van der Waals surface area contributed by atoms with E-state index in [1.165, 1.54) is 18.2 Å². The van der Waals surface area contributed by atoms with Gasteiger partial charge in [0.05, 0.1) is 13.2 Å². The van der Waals surface area contributed by atoms with Crippen molar-refractivity contribution >= 4 is 10.0 Å². The zero-order valence-corrected chi connectivity index (χ0v) is 10.9. The van der Waals surface area contributed by atoms with Crippen molar-refractivity contribution in [2.24, 2.45) is 0 Å². The summed E-state index contributed by atoms with van der Waals surface area (Å²) in [5, 5.41) is 9.20. The molecule has 0 bridgehead atoms. The van der Waals surface area contributed by atoms with Crippen LogP contribution < -0.4 is 4.74 Å². The molecule has 0 fully saturated rings. The third-order valence-corrected chi connectivity index (χ3v) is 4.66. The van der Waals surface area contributed by atoms with Crippen LogP contribution in [0.4, 0.5) is 4.39 Å². The Hall–Kier alpha value is -1.44. The molecule has 7 heteroatoms. The molecule has 0 aromatic heterocycles. The van der Waals surface area contributed by atoms with E-state index in [0.717, 1.165) is 10.4 Å². The number of rotatable bonds is 3. The van der Waals surface area contributed by atoms with Gasteiger partial charge in [0, 0.05) is 6.54 Å². The molecule has 2 rings (SSSR count). The van der Waals surface area contributed by atoms with Crippen molar-refractivity contribution in [3.05, 3.63) is 36.7 Å². The van der Waals surface area contributed by atoms with Crippen LogP contribution in [0.25, 0.3) is 0 Å². The summed E-state index contributed by atoms with van der Waals surface area (Å²) in [4.78, 5) is -0.493. The Morgan fingerprint density at radius 3 is 2.95 bits per heavy atom. The van der Waals surface area contributed by atoms with E-state index in [2.05, 4.69) is 6.58 Å². The average Bonchev–Trinajstić information content (AvgIpc) is 2.46. The summed E-state index contributed by atoms with van der Waals surface area (Å²) in [5.74, 6) is -0.948. The number of sulfonamides is 1. The number of benzene rings is 1. The minimum Gasteiger partial charge on any atom is -0.485 e. The fourth-order valence-electron chi connectivity index (χ4n) is 1.92. The quantitative estimate of drug-likeness (QED) is 0.833. The number of hydrogen-bond acceptors (Lipinski definition) is 4. The van der Waals surface area contributed by atoms with Crippen molar-refractivity contribution in [2.45, 2.75) is 11.0 Å². The molecule has 1 aromatic carbocycles. The van der Waals surface area contributed by atoms with E-state index in [1.54, 1.807) is 0 Å². The maximum atomic E-state index is 13.8. The molecule has 1 N–H and O–H groups in total. The van der Waals surface area contributed by atoms with Gasteiger partial charge in [0.1, 0.15) is 17.7 Å². The molecule has 19 heavy (non-hydrogen) atoms. The van der Waals surface area contributed by atoms with E-state index >= 15 is 0 Å². The Balaban J connectivity index is 2.61. The molecule has 1 aliphatic heterocycles. The highest BCUT2D eigenvalue weighted by atomic mass is 32.2. The third kappa shape index (κ3) is 2.49. The molecule has 1 heterocycles. The lowest BCUT2D eigenvalue weighted by molar-refractivity contribution is 0.102. The first kappa shape index (κ1) is 14.0. The van der Waals surface area contributed by atoms with Gasteiger partial charge in [-0.15, -0.1) is 6.58 Å². The molecular formula is C12H14FNO4S. The zero-order valence-electron chi connectivity index (χ0n) is 10.1. The third-order valence-electron chi connectivity index (χ3n) is 2.77. The number of aliphatic hydroxyl groups excluding tert-OH is 1. The highest BCUT2D eigenvalue weighted by Gasteiger charge is 2.36. The summed E-state index contributed by atoms with van der Waals surface area (Å²) in [7, 11) is -4.00. The van der Waals surface area contributed by atoms with Crippen LogP contribution in [0, 0.1) is 5.82 Å². The first-order valence-electron chi connectivity index (χ1n) is 5.67. The highest BCUT2D eigenvalue weighted by Crippen LogP contribution is 2.32. The van der Waals surface area contributed by atoms with Gasteiger partial charge in [-0.05, 0) is 12.1 Å². The van der Waals surface area contributed by atoms with Crippen LogP contribution in [0.3, 0.4) is 0 Å². The van der Waals surface area contributed by atoms with Crippen LogP contribution in [-0.4, -0.2) is 43.6 Å². The number of halogens is 1. The van der Waals surface area contributed by atoms with Crippen LogP contribution in [0.2, 0.25) is 0 Å². The molecule has 0 saturated carbocycles. The number of hydrogen-bond donors (Lipinski definition) is 1. The predicted octanol–water partition coefficient (Wildman–Crippen LogP) is 0.756. The van der Waals surface area contributed by atoms with Gasteiger partial charge >= 0.3 is 0 Å². The van der Waals surface area contributed by atoms with E-state index < -0.39 is 26.8 Å². The Labute approximate surface area is 111 Å². The van der Waals surface area contributed by atoms with E-state index in [-0.39, 0.29) is 25.4 Å². The number of fused-ring (bicyclic) bond motifs is 1. The fourth-order valence-corrected chi connectivity index (χ4v) is 3.52. The fraction of sp³-hybridized carbons (Fsp3) is 0.333. The Bertz CT molecular complexity index is 587. The molecule has 0 amide bonds. The molecule has 1 atom stereocenters. The van der Waals surface area contributed by atoms with Crippen molar-refractivity contribution in [2.75, 3.05) is 19.7 Å². The van der Waals surface area contributed by atoms with E-state index in [9.17, 15) is 17.9 Å². The monoisotopic (exact) mass is 287 g/mol. The van der Waals surface area contributed by atoms with Crippen molar-refractivity contribution in [1.29, 1.82) is 0 Å². The molecule has 0 spiro atoms. The molecule has 0 unspecified atom stereocenters. The Morgan fingerprint density at radius 2 is 2.32 bits per heavy atom. The van der Waals surface area contributed by atoms with Gasteiger partial charge in [0.2, 0.25) is 10.0 Å². The lowest BCUT2D eigenvalue weighted by Crippen LogP contribution is -2.38. The minimum atomic E-state index is -4.00. The van der Waals surface area contributed by atoms with E-state index in [0.29, 0.717) is 0 Å². The Morgan fingerprint density at radius 1 is 1.58 bits per heavy atom. The lowest BCUT2D eigenvalue weighted by Gasteiger charge is -2.20. The van der Waals surface area contributed by atoms with Crippen LogP contribution in [0.15, 0.2) is 35.7 Å². The topological polar surface area (TPSA) is 66.8 Å². The molecule has 0 aliphatic carbocycles. The summed E-state index contributed by atoms with van der Waals surface area (Å²) in [6.07, 6.45) is 0.662. The summed E-state index contributed by atoms with van der Waals surface area (Å²) >= 11 is 0. The SMILES string of the molecule is C=CCN1C[C@H](CO)Oc2cccc(F)c2S1(=O)=O. The Kier molecular flexibility index (Phi) is 3.88. The maximum absolute atomic E-state index is 13.8. The van der Waals surface area contributed by atoms with Crippen molar-refractivity contribution in [3.63, 3.8) is 0 Å². The average molecular weight is 287 g/mol. The van der Waals surface area contributed by atoms with Gasteiger partial charge in [-0.1, -0.05) is 12.1 Å². The van der Waals surface area contributed by atoms with Gasteiger partial charge in [-0.25, -0.2) is 12.8 Å². The lowest BCUT2D eigenvalue weighted by atomic mass is 10.3. The number of ether oxygens (including phenoxy) is 1. The van der Waals surface area contributed by atoms with Crippen LogP contribution >= 0.6 is 0 Å².